The molecule has 0 bridgehead atoms. The van der Waals surface area contributed by atoms with E-state index in [-0.39, 0.29) is 0 Å². The molecule has 0 unspecified atom stereocenters. The van der Waals surface area contributed by atoms with Crippen molar-refractivity contribution in [2.45, 2.75) is 6.42 Å². The van der Waals surface area contributed by atoms with E-state index >= 15 is 0 Å². The van der Waals surface area contributed by atoms with Crippen molar-refractivity contribution in [2.24, 2.45) is 4.99 Å². The zero-order valence-corrected chi connectivity index (χ0v) is 7.36. The third-order valence-corrected chi connectivity index (χ3v) is 1.28. The van der Waals surface area contributed by atoms with Gasteiger partial charge >= 0.3 is 0 Å². The van der Waals surface area contributed by atoms with E-state index in [1.165, 1.54) is 6.20 Å². The summed E-state index contributed by atoms with van der Waals surface area (Å²) in [6.07, 6.45) is 4.81. The van der Waals surface area contributed by atoms with Crippen molar-refractivity contribution in [3.63, 3.8) is 0 Å². The molecule has 4 nitrogen and oxygen atoms in total. The van der Waals surface area contributed by atoms with Crippen molar-refractivity contribution in [1.82, 2.24) is 10.2 Å². The summed E-state index contributed by atoms with van der Waals surface area (Å²) in [4.78, 5) is 15.6. The van der Waals surface area contributed by atoms with Gasteiger partial charge in [0.1, 0.15) is 0 Å². The normalized spacial score (nSPS) is 9.75. The van der Waals surface area contributed by atoms with Gasteiger partial charge in [-0.15, -0.1) is 0 Å². The maximum Gasteiger partial charge on any atom is 0.207 e. The van der Waals surface area contributed by atoms with E-state index in [0.717, 1.165) is 13.0 Å². The topological polar surface area (TPSA) is 44.7 Å². The Balaban J connectivity index is 3.30. The zero-order valence-electron chi connectivity index (χ0n) is 7.36. The Kier molecular flexibility index (Phi) is 6.93. The molecular formula is C8H15N3O. The predicted octanol–water partition coefficient (Wildman–Crippen LogP) is 0.226. The van der Waals surface area contributed by atoms with Crippen LogP contribution in [0.1, 0.15) is 6.42 Å². The molecule has 0 atom stereocenters. The highest BCUT2D eigenvalue weighted by molar-refractivity contribution is 5.55. The van der Waals surface area contributed by atoms with Gasteiger partial charge in [0, 0.05) is 26.3 Å². The maximum atomic E-state index is 9.86. The highest BCUT2D eigenvalue weighted by Gasteiger charge is 1.90. The molecule has 0 rings (SSSR count). The fourth-order valence-corrected chi connectivity index (χ4v) is 0.708. The molecule has 0 heterocycles. The first-order chi connectivity index (χ1) is 5.81. The van der Waals surface area contributed by atoms with Gasteiger partial charge in [-0.1, -0.05) is 6.58 Å². The minimum atomic E-state index is 0.704. The molecule has 12 heavy (non-hydrogen) atoms. The van der Waals surface area contributed by atoms with E-state index in [4.69, 9.17) is 0 Å². The SMILES string of the molecule is C=CN=CN(C)CCCNC=O. The molecule has 0 saturated carbocycles. The third-order valence-electron chi connectivity index (χ3n) is 1.28. The second kappa shape index (κ2) is 7.78. The summed E-state index contributed by atoms with van der Waals surface area (Å²) in [5.74, 6) is 0. The van der Waals surface area contributed by atoms with Crippen molar-refractivity contribution >= 4 is 12.7 Å². The van der Waals surface area contributed by atoms with Crippen molar-refractivity contribution < 1.29 is 4.79 Å². The summed E-state index contributed by atoms with van der Waals surface area (Å²) in [6, 6.07) is 0. The van der Waals surface area contributed by atoms with Crippen LogP contribution in [0, 0.1) is 0 Å². The highest BCUT2D eigenvalue weighted by atomic mass is 16.1. The molecule has 0 fully saturated rings. The first kappa shape index (κ1) is 10.7. The lowest BCUT2D eigenvalue weighted by Gasteiger charge is -2.11. The number of nitrogens with one attached hydrogen (secondary N) is 1. The first-order valence-corrected chi connectivity index (χ1v) is 3.82. The highest BCUT2D eigenvalue weighted by Crippen LogP contribution is 1.82. The average Bonchev–Trinajstić information content (AvgIpc) is 2.09. The van der Waals surface area contributed by atoms with Gasteiger partial charge in [0.05, 0.1) is 6.34 Å². The van der Waals surface area contributed by atoms with E-state index in [0.29, 0.717) is 13.0 Å². The molecule has 0 aromatic heterocycles. The summed E-state index contributed by atoms with van der Waals surface area (Å²) in [6.45, 7) is 5.04. The number of hydrogen-bond acceptors (Lipinski definition) is 2. The van der Waals surface area contributed by atoms with Crippen LogP contribution in [0.4, 0.5) is 0 Å². The van der Waals surface area contributed by atoms with Gasteiger partial charge in [-0.05, 0) is 6.42 Å². The van der Waals surface area contributed by atoms with Crippen LogP contribution in [0.3, 0.4) is 0 Å². The van der Waals surface area contributed by atoms with Crippen LogP contribution in [-0.2, 0) is 4.79 Å². The second-order valence-electron chi connectivity index (χ2n) is 2.35. The van der Waals surface area contributed by atoms with E-state index in [1.54, 1.807) is 6.34 Å². The van der Waals surface area contributed by atoms with Gasteiger partial charge < -0.3 is 10.2 Å². The number of nitrogens with zero attached hydrogens (tertiary/aromatic N) is 2. The van der Waals surface area contributed by atoms with Gasteiger partial charge in [0.25, 0.3) is 0 Å². The van der Waals surface area contributed by atoms with Crippen LogP contribution in [0.15, 0.2) is 17.8 Å². The van der Waals surface area contributed by atoms with Crippen LogP contribution in [0.5, 0.6) is 0 Å². The van der Waals surface area contributed by atoms with E-state index in [2.05, 4.69) is 16.9 Å². The van der Waals surface area contributed by atoms with Crippen LogP contribution in [-0.4, -0.2) is 37.8 Å². The Morgan fingerprint density at radius 3 is 3.00 bits per heavy atom. The maximum absolute atomic E-state index is 9.86. The van der Waals surface area contributed by atoms with Crippen molar-refractivity contribution in [2.75, 3.05) is 20.1 Å². The summed E-state index contributed by atoms with van der Waals surface area (Å²) in [5, 5.41) is 2.59. The van der Waals surface area contributed by atoms with Gasteiger partial charge in [-0.3, -0.25) is 4.79 Å². The van der Waals surface area contributed by atoms with Crippen LogP contribution < -0.4 is 5.32 Å². The molecule has 0 spiro atoms. The van der Waals surface area contributed by atoms with Crippen LogP contribution in [0.25, 0.3) is 0 Å². The van der Waals surface area contributed by atoms with Crippen LogP contribution >= 0.6 is 0 Å². The quantitative estimate of drug-likeness (QED) is 0.256. The molecular weight excluding hydrogens is 154 g/mol. The Bertz CT molecular complexity index is 156. The minimum Gasteiger partial charge on any atom is -0.366 e. The Labute approximate surface area is 73.0 Å². The van der Waals surface area contributed by atoms with Crippen molar-refractivity contribution in [3.05, 3.63) is 12.8 Å². The summed E-state index contributed by atoms with van der Waals surface area (Å²) < 4.78 is 0. The van der Waals surface area contributed by atoms with Gasteiger partial charge in [-0.2, -0.15) is 0 Å². The Morgan fingerprint density at radius 1 is 1.67 bits per heavy atom. The van der Waals surface area contributed by atoms with Gasteiger partial charge in [0.2, 0.25) is 6.41 Å². The minimum absolute atomic E-state index is 0.704. The monoisotopic (exact) mass is 169 g/mol. The van der Waals surface area contributed by atoms with Gasteiger partial charge in [-0.25, -0.2) is 4.99 Å². The fraction of sp³-hybridized carbons (Fsp3) is 0.500. The predicted molar refractivity (Wildman–Crippen MR) is 50.0 cm³/mol. The van der Waals surface area contributed by atoms with Gasteiger partial charge in [0.15, 0.2) is 0 Å². The lowest BCUT2D eigenvalue weighted by Crippen LogP contribution is -2.22. The van der Waals surface area contributed by atoms with Crippen LogP contribution in [0.2, 0.25) is 0 Å². The Hall–Kier alpha value is -1.32. The standard InChI is InChI=1S/C8H15N3O/c1-3-9-7-11(2)6-4-5-10-8-12/h3,7-8H,1,4-6H2,2H3,(H,10,12). The molecule has 4 heteroatoms. The fourth-order valence-electron chi connectivity index (χ4n) is 0.708. The molecule has 0 aliphatic rings. The number of amides is 1. The number of aliphatic imine (C=N–C) groups is 1. The van der Waals surface area contributed by atoms with E-state index < -0.39 is 0 Å². The first-order valence-electron chi connectivity index (χ1n) is 3.82. The van der Waals surface area contributed by atoms with Crippen molar-refractivity contribution in [3.8, 4) is 0 Å². The molecule has 1 N–H and O–H groups in total. The molecule has 0 aromatic rings. The summed E-state index contributed by atoms with van der Waals surface area (Å²) in [5.41, 5.74) is 0. The average molecular weight is 169 g/mol. The number of rotatable bonds is 7. The number of carbonyl (C=O) groups is 1. The third kappa shape index (κ3) is 6.80. The molecule has 0 saturated heterocycles. The largest absolute Gasteiger partial charge is 0.366 e. The summed E-state index contributed by atoms with van der Waals surface area (Å²) >= 11 is 0. The molecule has 68 valence electrons. The lowest BCUT2D eigenvalue weighted by atomic mass is 10.4. The molecule has 1 amide bonds. The molecule has 0 aliphatic carbocycles. The second-order valence-corrected chi connectivity index (χ2v) is 2.35. The lowest BCUT2D eigenvalue weighted by molar-refractivity contribution is -0.109. The zero-order chi connectivity index (χ0) is 9.23. The summed E-state index contributed by atoms with van der Waals surface area (Å²) in [7, 11) is 1.92. The van der Waals surface area contributed by atoms with E-state index in [9.17, 15) is 4.79 Å². The molecule has 0 aromatic carbocycles. The van der Waals surface area contributed by atoms with Crippen molar-refractivity contribution in [1.29, 1.82) is 0 Å². The Morgan fingerprint density at radius 2 is 2.42 bits per heavy atom. The molecule has 0 radical (unpaired) electrons. The van der Waals surface area contributed by atoms with E-state index in [1.807, 2.05) is 11.9 Å². The molecule has 0 aliphatic heterocycles. The number of hydrogen-bond donors (Lipinski definition) is 1. The number of carbonyl (C=O) groups excluding carboxylic acids is 1. The smallest absolute Gasteiger partial charge is 0.207 e.